The minimum Gasteiger partial charge on any atom is -0.198 e. The van der Waals surface area contributed by atoms with Gasteiger partial charge in [0.15, 0.2) is 0 Å². The minimum absolute atomic E-state index is 0.273. The molecule has 0 aromatic carbocycles. The average Bonchev–Trinajstić information content (AvgIpc) is 2.83. The molecule has 0 N–H and O–H groups in total. The first kappa shape index (κ1) is 12.7. The van der Waals surface area contributed by atoms with E-state index in [4.69, 9.17) is 0 Å². The molecule has 106 valence electrons. The number of hydrogen-bond donors (Lipinski definition) is 0. The van der Waals surface area contributed by atoms with E-state index in [1.165, 1.54) is 44.9 Å². The minimum atomic E-state index is 0.273. The number of rotatable bonds is 0. The maximum absolute atomic E-state index is 9.47. The lowest BCUT2D eigenvalue weighted by atomic mass is 9.57. The van der Waals surface area contributed by atoms with Gasteiger partial charge >= 0.3 is 0 Å². The number of nitrogens with zero attached hydrogens (tertiary/aromatic N) is 1. The zero-order chi connectivity index (χ0) is 13.7. The molecule has 4 atom stereocenters. The van der Waals surface area contributed by atoms with Crippen molar-refractivity contribution < 1.29 is 0 Å². The van der Waals surface area contributed by atoms with Gasteiger partial charge in [0, 0.05) is 0 Å². The van der Waals surface area contributed by atoms with Crippen LogP contribution in [0.3, 0.4) is 0 Å². The summed E-state index contributed by atoms with van der Waals surface area (Å²) < 4.78 is 0. The van der Waals surface area contributed by atoms with Crippen molar-refractivity contribution >= 4 is 0 Å². The van der Waals surface area contributed by atoms with Gasteiger partial charge in [-0.15, -0.1) is 0 Å². The van der Waals surface area contributed by atoms with E-state index >= 15 is 0 Å². The molecule has 0 aromatic rings. The molecular formula is C19H25N. The van der Waals surface area contributed by atoms with E-state index in [1.807, 2.05) is 0 Å². The normalized spacial score (nSPS) is 43.2. The fourth-order valence-corrected chi connectivity index (χ4v) is 5.75. The highest BCUT2D eigenvalue weighted by Crippen LogP contribution is 2.60. The van der Waals surface area contributed by atoms with Gasteiger partial charge in [-0.05, 0) is 86.2 Å². The second-order valence-corrected chi connectivity index (χ2v) is 7.67. The van der Waals surface area contributed by atoms with Crippen LogP contribution in [0.5, 0.6) is 0 Å². The van der Waals surface area contributed by atoms with Gasteiger partial charge in [0.2, 0.25) is 0 Å². The summed E-state index contributed by atoms with van der Waals surface area (Å²) >= 11 is 0. The number of fused-ring (bicyclic) bond motifs is 4. The summed E-state index contributed by atoms with van der Waals surface area (Å²) in [5.41, 5.74) is 5.55. The quantitative estimate of drug-likeness (QED) is 0.595. The standard InChI is InChI=1S/C19H25N/c1-19-11-10-16-15-5-3-2-4-13(15)6-8-17(16)18(19)9-7-14(19)12-20/h10,14,17-18H,2-9,11H2,1H3/t14?,17-,18+,19-/m1/s1. The van der Waals surface area contributed by atoms with E-state index < -0.39 is 0 Å². The first-order valence-corrected chi connectivity index (χ1v) is 8.55. The zero-order valence-corrected chi connectivity index (χ0v) is 12.6. The smallest absolute Gasteiger partial charge is 0.0661 e. The molecule has 1 heteroatoms. The highest BCUT2D eigenvalue weighted by atomic mass is 14.6. The number of nitriles is 1. The fraction of sp³-hybridized carbons (Fsp3) is 0.737. The first-order valence-electron chi connectivity index (χ1n) is 8.55. The van der Waals surface area contributed by atoms with Crippen molar-refractivity contribution in [3.8, 4) is 6.07 Å². The third-order valence-corrected chi connectivity index (χ3v) is 6.90. The van der Waals surface area contributed by atoms with Gasteiger partial charge in [-0.1, -0.05) is 18.6 Å². The van der Waals surface area contributed by atoms with Crippen molar-refractivity contribution in [2.45, 2.75) is 64.7 Å². The van der Waals surface area contributed by atoms with Crippen molar-refractivity contribution in [1.29, 1.82) is 5.26 Å². The Bertz CT molecular complexity index is 532. The molecule has 0 bridgehead atoms. The summed E-state index contributed by atoms with van der Waals surface area (Å²) in [6, 6.07) is 2.61. The van der Waals surface area contributed by atoms with Crippen LogP contribution in [0.2, 0.25) is 0 Å². The van der Waals surface area contributed by atoms with Crippen LogP contribution in [0.15, 0.2) is 22.8 Å². The maximum Gasteiger partial charge on any atom is 0.0661 e. The zero-order valence-electron chi connectivity index (χ0n) is 12.6. The monoisotopic (exact) mass is 267 g/mol. The van der Waals surface area contributed by atoms with Crippen LogP contribution in [0.1, 0.15) is 64.7 Å². The second-order valence-electron chi connectivity index (χ2n) is 7.67. The molecule has 0 saturated heterocycles. The van der Waals surface area contributed by atoms with Gasteiger partial charge in [0.05, 0.1) is 12.0 Å². The molecule has 4 aliphatic carbocycles. The van der Waals surface area contributed by atoms with Crippen LogP contribution in [0.4, 0.5) is 0 Å². The highest BCUT2D eigenvalue weighted by Gasteiger charge is 2.52. The van der Waals surface area contributed by atoms with Crippen LogP contribution in [0, 0.1) is 34.5 Å². The molecule has 0 aliphatic heterocycles. The Labute approximate surface area is 122 Å². The Morgan fingerprint density at radius 3 is 2.85 bits per heavy atom. The van der Waals surface area contributed by atoms with E-state index in [-0.39, 0.29) is 5.41 Å². The first-order chi connectivity index (χ1) is 9.74. The summed E-state index contributed by atoms with van der Waals surface area (Å²) in [5, 5.41) is 9.47. The third kappa shape index (κ3) is 1.60. The van der Waals surface area contributed by atoms with Crippen molar-refractivity contribution in [2.75, 3.05) is 0 Å². The van der Waals surface area contributed by atoms with E-state index in [0.29, 0.717) is 5.92 Å². The van der Waals surface area contributed by atoms with Gasteiger partial charge in [0.1, 0.15) is 0 Å². The van der Waals surface area contributed by atoms with Crippen LogP contribution in [-0.4, -0.2) is 0 Å². The number of allylic oxidation sites excluding steroid dienone is 4. The Balaban J connectivity index is 1.73. The summed E-state index contributed by atoms with van der Waals surface area (Å²) in [4.78, 5) is 0. The van der Waals surface area contributed by atoms with Gasteiger partial charge < -0.3 is 0 Å². The van der Waals surface area contributed by atoms with Crippen LogP contribution in [-0.2, 0) is 0 Å². The molecule has 0 radical (unpaired) electrons. The van der Waals surface area contributed by atoms with Crippen molar-refractivity contribution in [2.24, 2.45) is 23.2 Å². The molecule has 1 fully saturated rings. The van der Waals surface area contributed by atoms with Gasteiger partial charge in [-0.3, -0.25) is 0 Å². The Hall–Kier alpha value is -1.03. The van der Waals surface area contributed by atoms with Crippen LogP contribution in [0.25, 0.3) is 0 Å². The fourth-order valence-electron chi connectivity index (χ4n) is 5.75. The predicted molar refractivity (Wildman–Crippen MR) is 80.9 cm³/mol. The SMILES string of the molecule is C[C@]12CC=C3C4=C(CCCC4)CC[C@H]3[C@@H]1CCC2C#N. The third-order valence-electron chi connectivity index (χ3n) is 6.90. The molecule has 0 aromatic heterocycles. The lowest BCUT2D eigenvalue weighted by Crippen LogP contribution is -2.38. The largest absolute Gasteiger partial charge is 0.198 e. The molecule has 4 rings (SSSR count). The Kier molecular flexibility index (Phi) is 2.85. The molecule has 0 spiro atoms. The van der Waals surface area contributed by atoms with Crippen molar-refractivity contribution in [3.63, 3.8) is 0 Å². The van der Waals surface area contributed by atoms with Crippen molar-refractivity contribution in [1.82, 2.24) is 0 Å². The van der Waals surface area contributed by atoms with Crippen LogP contribution < -0.4 is 0 Å². The highest BCUT2D eigenvalue weighted by molar-refractivity contribution is 5.43. The summed E-state index contributed by atoms with van der Waals surface area (Å²) in [6.45, 7) is 2.40. The molecule has 0 amide bonds. The molecule has 4 aliphatic rings. The Morgan fingerprint density at radius 1 is 1.15 bits per heavy atom. The van der Waals surface area contributed by atoms with Gasteiger partial charge in [-0.2, -0.15) is 5.26 Å². The molecule has 1 nitrogen and oxygen atoms in total. The predicted octanol–water partition coefficient (Wildman–Crippen LogP) is 5.15. The van der Waals surface area contributed by atoms with Crippen LogP contribution >= 0.6 is 0 Å². The molecule has 20 heavy (non-hydrogen) atoms. The van der Waals surface area contributed by atoms with E-state index in [2.05, 4.69) is 19.1 Å². The summed E-state index contributed by atoms with van der Waals surface area (Å²) in [7, 11) is 0. The average molecular weight is 267 g/mol. The lowest BCUT2D eigenvalue weighted by molar-refractivity contribution is 0.127. The Morgan fingerprint density at radius 2 is 2.00 bits per heavy atom. The molecular weight excluding hydrogens is 242 g/mol. The summed E-state index contributed by atoms with van der Waals surface area (Å²) in [6.07, 6.45) is 14.4. The summed E-state index contributed by atoms with van der Waals surface area (Å²) in [5.74, 6) is 1.86. The van der Waals surface area contributed by atoms with Gasteiger partial charge in [-0.25, -0.2) is 0 Å². The maximum atomic E-state index is 9.47. The lowest BCUT2D eigenvalue weighted by Gasteiger charge is -2.46. The molecule has 1 saturated carbocycles. The van der Waals surface area contributed by atoms with E-state index in [9.17, 15) is 5.26 Å². The molecule has 0 heterocycles. The second kappa shape index (κ2) is 4.48. The molecule has 1 unspecified atom stereocenters. The van der Waals surface area contributed by atoms with Crippen molar-refractivity contribution in [3.05, 3.63) is 22.8 Å². The van der Waals surface area contributed by atoms with E-state index in [0.717, 1.165) is 24.7 Å². The van der Waals surface area contributed by atoms with E-state index in [1.54, 1.807) is 16.7 Å². The van der Waals surface area contributed by atoms with Gasteiger partial charge in [0.25, 0.3) is 0 Å². The topological polar surface area (TPSA) is 23.8 Å². The number of hydrogen-bond acceptors (Lipinski definition) is 1.